The summed E-state index contributed by atoms with van der Waals surface area (Å²) in [5.41, 5.74) is 0. The SMILES string of the molecule is CCC(C)C1CN(C(CC)CC)C(C)CN1. The van der Waals surface area contributed by atoms with Crippen molar-refractivity contribution in [3.63, 3.8) is 0 Å². The molecule has 0 saturated carbocycles. The molecule has 3 atom stereocenters. The summed E-state index contributed by atoms with van der Waals surface area (Å²) < 4.78 is 0. The van der Waals surface area contributed by atoms with Crippen molar-refractivity contribution in [2.24, 2.45) is 5.92 Å². The molecule has 0 spiro atoms. The molecule has 3 unspecified atom stereocenters. The van der Waals surface area contributed by atoms with Gasteiger partial charge >= 0.3 is 0 Å². The second-order valence-electron chi connectivity index (χ2n) is 5.42. The molecule has 0 aromatic rings. The largest absolute Gasteiger partial charge is 0.311 e. The quantitative estimate of drug-likeness (QED) is 0.775. The van der Waals surface area contributed by atoms with Crippen molar-refractivity contribution in [2.45, 2.75) is 72.0 Å². The molecule has 0 aromatic heterocycles. The molecule has 0 radical (unpaired) electrons. The fraction of sp³-hybridized carbons (Fsp3) is 1.00. The summed E-state index contributed by atoms with van der Waals surface area (Å²) in [5.74, 6) is 0.796. The zero-order valence-corrected chi connectivity index (χ0v) is 11.8. The molecular weight excluding hydrogens is 196 g/mol. The second kappa shape index (κ2) is 6.61. The Morgan fingerprint density at radius 1 is 1.19 bits per heavy atom. The molecule has 2 nitrogen and oxygen atoms in total. The van der Waals surface area contributed by atoms with Crippen LogP contribution in [0, 0.1) is 5.92 Å². The van der Waals surface area contributed by atoms with Crippen molar-refractivity contribution in [3.8, 4) is 0 Å². The van der Waals surface area contributed by atoms with E-state index in [2.05, 4.69) is 44.8 Å². The van der Waals surface area contributed by atoms with E-state index >= 15 is 0 Å². The molecule has 0 amide bonds. The summed E-state index contributed by atoms with van der Waals surface area (Å²) >= 11 is 0. The van der Waals surface area contributed by atoms with Crippen LogP contribution in [-0.2, 0) is 0 Å². The minimum absolute atomic E-state index is 0.696. The van der Waals surface area contributed by atoms with E-state index in [0.717, 1.165) is 18.5 Å². The number of rotatable bonds is 5. The molecular formula is C14H30N2. The first kappa shape index (κ1) is 14.0. The van der Waals surface area contributed by atoms with Crippen LogP contribution >= 0.6 is 0 Å². The van der Waals surface area contributed by atoms with E-state index in [1.165, 1.54) is 25.8 Å². The van der Waals surface area contributed by atoms with Crippen LogP contribution in [0.3, 0.4) is 0 Å². The average Bonchev–Trinajstić information content (AvgIpc) is 2.32. The van der Waals surface area contributed by atoms with Crippen LogP contribution in [0.5, 0.6) is 0 Å². The predicted molar refractivity (Wildman–Crippen MR) is 71.8 cm³/mol. The van der Waals surface area contributed by atoms with E-state index in [9.17, 15) is 0 Å². The van der Waals surface area contributed by atoms with Gasteiger partial charge in [-0.15, -0.1) is 0 Å². The van der Waals surface area contributed by atoms with Crippen LogP contribution in [0.1, 0.15) is 53.9 Å². The van der Waals surface area contributed by atoms with Crippen LogP contribution in [0.15, 0.2) is 0 Å². The highest BCUT2D eigenvalue weighted by atomic mass is 15.2. The van der Waals surface area contributed by atoms with E-state index in [1.807, 2.05) is 0 Å². The molecule has 96 valence electrons. The van der Waals surface area contributed by atoms with Gasteiger partial charge in [-0.25, -0.2) is 0 Å². The number of nitrogens with zero attached hydrogens (tertiary/aromatic N) is 1. The first-order chi connectivity index (χ1) is 7.63. The van der Waals surface area contributed by atoms with E-state index < -0.39 is 0 Å². The first-order valence-corrected chi connectivity index (χ1v) is 7.13. The predicted octanol–water partition coefficient (Wildman–Crippen LogP) is 2.88. The molecule has 1 rings (SSSR count). The Hall–Kier alpha value is -0.0800. The summed E-state index contributed by atoms with van der Waals surface area (Å²) in [5, 5.41) is 3.71. The van der Waals surface area contributed by atoms with Gasteiger partial charge in [0.05, 0.1) is 0 Å². The standard InChI is InChI=1S/C14H30N2/c1-6-11(4)14-10-16(12(5)9-15-14)13(7-2)8-3/h11-15H,6-10H2,1-5H3. The summed E-state index contributed by atoms with van der Waals surface area (Å²) in [6.45, 7) is 14.1. The molecule has 1 aliphatic rings. The lowest BCUT2D eigenvalue weighted by Gasteiger charge is -2.44. The molecule has 1 fully saturated rings. The third-order valence-corrected chi connectivity index (χ3v) is 4.39. The summed E-state index contributed by atoms with van der Waals surface area (Å²) in [6, 6.07) is 2.18. The van der Waals surface area contributed by atoms with Gasteiger partial charge in [0.1, 0.15) is 0 Å². The Kier molecular flexibility index (Phi) is 5.77. The fourth-order valence-corrected chi connectivity index (χ4v) is 2.84. The summed E-state index contributed by atoms with van der Waals surface area (Å²) in [4.78, 5) is 2.73. The zero-order chi connectivity index (χ0) is 12.1. The lowest BCUT2D eigenvalue weighted by Crippen LogP contribution is -2.59. The zero-order valence-electron chi connectivity index (χ0n) is 11.8. The third-order valence-electron chi connectivity index (χ3n) is 4.39. The lowest BCUT2D eigenvalue weighted by atomic mass is 9.94. The van der Waals surface area contributed by atoms with Crippen molar-refractivity contribution in [1.29, 1.82) is 0 Å². The van der Waals surface area contributed by atoms with Crippen LogP contribution in [-0.4, -0.2) is 36.1 Å². The van der Waals surface area contributed by atoms with Crippen molar-refractivity contribution >= 4 is 0 Å². The van der Waals surface area contributed by atoms with Gasteiger partial charge in [-0.05, 0) is 25.7 Å². The van der Waals surface area contributed by atoms with Gasteiger partial charge < -0.3 is 5.32 Å². The third kappa shape index (κ3) is 3.21. The van der Waals surface area contributed by atoms with Crippen molar-refractivity contribution in [1.82, 2.24) is 10.2 Å². The second-order valence-corrected chi connectivity index (χ2v) is 5.42. The van der Waals surface area contributed by atoms with Gasteiger partial charge in [-0.1, -0.05) is 34.1 Å². The maximum Gasteiger partial charge on any atom is 0.0221 e. The maximum absolute atomic E-state index is 3.71. The minimum atomic E-state index is 0.696. The van der Waals surface area contributed by atoms with E-state index in [0.29, 0.717) is 12.1 Å². The van der Waals surface area contributed by atoms with Gasteiger partial charge in [0, 0.05) is 31.2 Å². The monoisotopic (exact) mass is 226 g/mol. The first-order valence-electron chi connectivity index (χ1n) is 7.13. The Morgan fingerprint density at radius 3 is 2.31 bits per heavy atom. The molecule has 1 N–H and O–H groups in total. The molecule has 2 heteroatoms. The molecule has 0 aromatic carbocycles. The highest BCUT2D eigenvalue weighted by molar-refractivity contribution is 4.89. The van der Waals surface area contributed by atoms with Crippen molar-refractivity contribution < 1.29 is 0 Å². The molecule has 0 aliphatic carbocycles. The molecule has 1 heterocycles. The lowest BCUT2D eigenvalue weighted by molar-refractivity contribution is 0.0709. The average molecular weight is 226 g/mol. The smallest absolute Gasteiger partial charge is 0.0221 e. The Labute approximate surface area is 102 Å². The Morgan fingerprint density at radius 2 is 1.81 bits per heavy atom. The van der Waals surface area contributed by atoms with Gasteiger partial charge in [0.2, 0.25) is 0 Å². The van der Waals surface area contributed by atoms with Gasteiger partial charge in [0.25, 0.3) is 0 Å². The molecule has 0 bridgehead atoms. The number of nitrogens with one attached hydrogen (secondary N) is 1. The summed E-state index contributed by atoms with van der Waals surface area (Å²) in [7, 11) is 0. The van der Waals surface area contributed by atoms with Crippen molar-refractivity contribution in [2.75, 3.05) is 13.1 Å². The molecule has 1 saturated heterocycles. The topological polar surface area (TPSA) is 15.3 Å². The van der Waals surface area contributed by atoms with Gasteiger partial charge in [0.15, 0.2) is 0 Å². The van der Waals surface area contributed by atoms with E-state index in [-0.39, 0.29) is 0 Å². The number of piperazine rings is 1. The highest BCUT2D eigenvalue weighted by Gasteiger charge is 2.30. The van der Waals surface area contributed by atoms with E-state index in [1.54, 1.807) is 0 Å². The minimum Gasteiger partial charge on any atom is -0.311 e. The van der Waals surface area contributed by atoms with Crippen LogP contribution in [0.4, 0.5) is 0 Å². The Balaban J connectivity index is 2.60. The molecule has 16 heavy (non-hydrogen) atoms. The van der Waals surface area contributed by atoms with Crippen LogP contribution < -0.4 is 5.32 Å². The highest BCUT2D eigenvalue weighted by Crippen LogP contribution is 2.20. The fourth-order valence-electron chi connectivity index (χ4n) is 2.84. The van der Waals surface area contributed by atoms with Gasteiger partial charge in [-0.2, -0.15) is 0 Å². The molecule has 1 aliphatic heterocycles. The number of hydrogen-bond donors (Lipinski definition) is 1. The maximum atomic E-state index is 3.71. The van der Waals surface area contributed by atoms with E-state index in [4.69, 9.17) is 0 Å². The van der Waals surface area contributed by atoms with Gasteiger partial charge in [-0.3, -0.25) is 4.90 Å². The summed E-state index contributed by atoms with van der Waals surface area (Å²) in [6.07, 6.45) is 3.85. The van der Waals surface area contributed by atoms with Crippen LogP contribution in [0.2, 0.25) is 0 Å². The number of hydrogen-bond acceptors (Lipinski definition) is 2. The Bertz CT molecular complexity index is 189. The van der Waals surface area contributed by atoms with Crippen molar-refractivity contribution in [3.05, 3.63) is 0 Å². The normalized spacial score (nSPS) is 29.6. The van der Waals surface area contributed by atoms with Crippen LogP contribution in [0.25, 0.3) is 0 Å².